The number of primary amides is 1. The maximum Gasteiger partial charge on any atom is 0.234 e. The Hall–Kier alpha value is -0.570. The molecular formula is C8H16N2O. The fourth-order valence-corrected chi connectivity index (χ4v) is 1.90. The highest BCUT2D eigenvalue weighted by molar-refractivity contribution is 5.80. The van der Waals surface area contributed by atoms with Crippen molar-refractivity contribution >= 4 is 5.91 Å². The van der Waals surface area contributed by atoms with Crippen LogP contribution in [0.15, 0.2) is 0 Å². The van der Waals surface area contributed by atoms with Crippen molar-refractivity contribution in [2.75, 3.05) is 7.05 Å². The second-order valence-electron chi connectivity index (χ2n) is 3.21. The van der Waals surface area contributed by atoms with E-state index in [1.807, 2.05) is 0 Å². The molecule has 1 amide bonds. The van der Waals surface area contributed by atoms with Crippen molar-refractivity contribution in [3.63, 3.8) is 0 Å². The first kappa shape index (κ1) is 8.53. The predicted molar refractivity (Wildman–Crippen MR) is 44.0 cm³/mol. The van der Waals surface area contributed by atoms with E-state index in [0.717, 1.165) is 12.8 Å². The maximum absolute atomic E-state index is 10.9. The van der Waals surface area contributed by atoms with Crippen molar-refractivity contribution in [3.8, 4) is 0 Å². The molecule has 0 aromatic heterocycles. The standard InChI is InChI=1S/C8H16N2O/c1-10-7(8(9)11)6-4-2-3-5-6/h6-7,10H,2-5H2,1H3,(H2,9,11). The molecule has 1 aliphatic carbocycles. The van der Waals surface area contributed by atoms with Gasteiger partial charge in [0.05, 0.1) is 6.04 Å². The number of hydrogen-bond donors (Lipinski definition) is 2. The molecule has 0 aromatic carbocycles. The smallest absolute Gasteiger partial charge is 0.234 e. The summed E-state index contributed by atoms with van der Waals surface area (Å²) < 4.78 is 0. The van der Waals surface area contributed by atoms with Crippen LogP contribution in [0, 0.1) is 5.92 Å². The Balaban J connectivity index is 2.46. The summed E-state index contributed by atoms with van der Waals surface area (Å²) >= 11 is 0. The second-order valence-corrected chi connectivity index (χ2v) is 3.21. The summed E-state index contributed by atoms with van der Waals surface area (Å²) in [6.07, 6.45) is 4.79. The lowest BCUT2D eigenvalue weighted by Crippen LogP contribution is -2.44. The van der Waals surface area contributed by atoms with Crippen LogP contribution in [0.4, 0.5) is 0 Å². The SMILES string of the molecule is CNC(C(N)=O)C1CCCC1. The van der Waals surface area contributed by atoms with E-state index in [-0.39, 0.29) is 11.9 Å². The van der Waals surface area contributed by atoms with Gasteiger partial charge in [0.25, 0.3) is 0 Å². The summed E-state index contributed by atoms with van der Waals surface area (Å²) in [5, 5.41) is 2.97. The molecule has 1 aliphatic rings. The lowest BCUT2D eigenvalue weighted by molar-refractivity contribution is -0.121. The molecule has 64 valence electrons. The zero-order valence-electron chi connectivity index (χ0n) is 6.97. The summed E-state index contributed by atoms with van der Waals surface area (Å²) in [5.74, 6) is 0.275. The number of amides is 1. The van der Waals surface area contributed by atoms with Gasteiger partial charge in [0.1, 0.15) is 0 Å². The molecule has 3 N–H and O–H groups in total. The van der Waals surface area contributed by atoms with E-state index in [1.165, 1.54) is 12.8 Å². The third kappa shape index (κ3) is 1.93. The number of carbonyl (C=O) groups excluding carboxylic acids is 1. The highest BCUT2D eigenvalue weighted by Gasteiger charge is 2.27. The number of likely N-dealkylation sites (N-methyl/N-ethyl adjacent to an activating group) is 1. The number of hydrogen-bond acceptors (Lipinski definition) is 2. The van der Waals surface area contributed by atoms with Gasteiger partial charge in [-0.3, -0.25) is 4.79 Å². The van der Waals surface area contributed by atoms with Crippen molar-refractivity contribution in [2.45, 2.75) is 31.7 Å². The van der Waals surface area contributed by atoms with Crippen molar-refractivity contribution in [3.05, 3.63) is 0 Å². The van der Waals surface area contributed by atoms with E-state index in [0.29, 0.717) is 5.92 Å². The molecule has 1 unspecified atom stereocenters. The van der Waals surface area contributed by atoms with Crippen LogP contribution in [-0.2, 0) is 4.79 Å². The quantitative estimate of drug-likeness (QED) is 0.615. The Morgan fingerprint density at radius 3 is 2.45 bits per heavy atom. The monoisotopic (exact) mass is 156 g/mol. The fraction of sp³-hybridized carbons (Fsp3) is 0.875. The number of nitrogens with one attached hydrogen (secondary N) is 1. The van der Waals surface area contributed by atoms with Gasteiger partial charge >= 0.3 is 0 Å². The minimum atomic E-state index is -0.209. The minimum absolute atomic E-state index is 0.0995. The average Bonchev–Trinajstić information content (AvgIpc) is 2.40. The molecule has 1 rings (SSSR count). The molecule has 0 aliphatic heterocycles. The maximum atomic E-state index is 10.9. The Labute approximate surface area is 67.3 Å². The summed E-state index contributed by atoms with van der Waals surface area (Å²) in [4.78, 5) is 10.9. The Morgan fingerprint density at radius 2 is 2.09 bits per heavy atom. The number of carbonyl (C=O) groups is 1. The van der Waals surface area contributed by atoms with E-state index < -0.39 is 0 Å². The van der Waals surface area contributed by atoms with E-state index in [2.05, 4.69) is 5.32 Å². The summed E-state index contributed by atoms with van der Waals surface area (Å²) in [6.45, 7) is 0. The van der Waals surface area contributed by atoms with Gasteiger partial charge in [0.15, 0.2) is 0 Å². The van der Waals surface area contributed by atoms with Gasteiger partial charge in [0, 0.05) is 0 Å². The van der Waals surface area contributed by atoms with Crippen LogP contribution in [0.5, 0.6) is 0 Å². The molecule has 11 heavy (non-hydrogen) atoms. The largest absolute Gasteiger partial charge is 0.368 e. The van der Waals surface area contributed by atoms with Crippen LogP contribution in [0.3, 0.4) is 0 Å². The number of nitrogens with two attached hydrogens (primary N) is 1. The second kappa shape index (κ2) is 3.72. The molecule has 0 radical (unpaired) electrons. The van der Waals surface area contributed by atoms with Crippen LogP contribution < -0.4 is 11.1 Å². The first-order chi connectivity index (χ1) is 5.25. The van der Waals surface area contributed by atoms with E-state index in [1.54, 1.807) is 7.05 Å². The van der Waals surface area contributed by atoms with E-state index in [9.17, 15) is 4.79 Å². The van der Waals surface area contributed by atoms with Gasteiger partial charge in [-0.1, -0.05) is 12.8 Å². The predicted octanol–water partition coefficient (Wildman–Crippen LogP) is 0.250. The Morgan fingerprint density at radius 1 is 1.55 bits per heavy atom. The van der Waals surface area contributed by atoms with Crippen LogP contribution in [0.1, 0.15) is 25.7 Å². The molecule has 0 heterocycles. The van der Waals surface area contributed by atoms with E-state index in [4.69, 9.17) is 5.73 Å². The van der Waals surface area contributed by atoms with Gasteiger partial charge in [-0.15, -0.1) is 0 Å². The highest BCUT2D eigenvalue weighted by Crippen LogP contribution is 2.27. The molecule has 0 saturated heterocycles. The van der Waals surface area contributed by atoms with Crippen LogP contribution in [0.25, 0.3) is 0 Å². The summed E-state index contributed by atoms with van der Waals surface area (Å²) in [7, 11) is 1.80. The van der Waals surface area contributed by atoms with Gasteiger partial charge in [-0.2, -0.15) is 0 Å². The number of rotatable bonds is 3. The molecule has 0 spiro atoms. The Bertz CT molecular complexity index is 141. The molecular weight excluding hydrogens is 140 g/mol. The lowest BCUT2D eigenvalue weighted by atomic mass is 9.98. The van der Waals surface area contributed by atoms with Crippen molar-refractivity contribution in [1.29, 1.82) is 0 Å². The summed E-state index contributed by atoms with van der Waals surface area (Å²) in [6, 6.07) is -0.0995. The van der Waals surface area contributed by atoms with Crippen molar-refractivity contribution in [2.24, 2.45) is 11.7 Å². The van der Waals surface area contributed by atoms with Gasteiger partial charge in [-0.25, -0.2) is 0 Å². The van der Waals surface area contributed by atoms with Gasteiger partial charge in [-0.05, 0) is 25.8 Å². The minimum Gasteiger partial charge on any atom is -0.368 e. The average molecular weight is 156 g/mol. The Kier molecular flexibility index (Phi) is 2.88. The molecule has 3 nitrogen and oxygen atoms in total. The van der Waals surface area contributed by atoms with E-state index >= 15 is 0 Å². The highest BCUT2D eigenvalue weighted by atomic mass is 16.1. The molecule has 3 heteroatoms. The lowest BCUT2D eigenvalue weighted by Gasteiger charge is -2.18. The molecule has 1 fully saturated rings. The molecule has 0 bridgehead atoms. The zero-order valence-corrected chi connectivity index (χ0v) is 6.97. The summed E-state index contributed by atoms with van der Waals surface area (Å²) in [5.41, 5.74) is 5.23. The third-order valence-corrected chi connectivity index (χ3v) is 2.49. The third-order valence-electron chi connectivity index (χ3n) is 2.49. The van der Waals surface area contributed by atoms with Crippen LogP contribution >= 0.6 is 0 Å². The van der Waals surface area contributed by atoms with Gasteiger partial charge < -0.3 is 11.1 Å². The molecule has 0 aromatic rings. The molecule has 1 saturated carbocycles. The van der Waals surface area contributed by atoms with Crippen molar-refractivity contribution < 1.29 is 4.79 Å². The topological polar surface area (TPSA) is 55.1 Å². The normalized spacial score (nSPS) is 21.9. The fourth-order valence-electron chi connectivity index (χ4n) is 1.90. The van der Waals surface area contributed by atoms with Crippen LogP contribution in [-0.4, -0.2) is 19.0 Å². The zero-order chi connectivity index (χ0) is 8.27. The first-order valence-corrected chi connectivity index (χ1v) is 4.22. The first-order valence-electron chi connectivity index (χ1n) is 4.22. The molecule has 1 atom stereocenters. The van der Waals surface area contributed by atoms with Crippen molar-refractivity contribution in [1.82, 2.24) is 5.32 Å². The van der Waals surface area contributed by atoms with Gasteiger partial charge in [0.2, 0.25) is 5.91 Å². The van der Waals surface area contributed by atoms with Crippen LogP contribution in [0.2, 0.25) is 0 Å².